The molecule has 2 aliphatic rings. The number of aromatic nitrogens is 1. The van der Waals surface area contributed by atoms with Crippen molar-refractivity contribution in [3.63, 3.8) is 0 Å². The highest BCUT2D eigenvalue weighted by Crippen LogP contribution is 2.35. The van der Waals surface area contributed by atoms with Gasteiger partial charge in [0.05, 0.1) is 12.8 Å². The number of methoxy groups -OCH3 is 1. The van der Waals surface area contributed by atoms with Gasteiger partial charge >= 0.3 is 0 Å². The van der Waals surface area contributed by atoms with E-state index in [1.165, 1.54) is 13.2 Å². The number of rotatable bonds is 8. The van der Waals surface area contributed by atoms with E-state index in [1.807, 2.05) is 13.8 Å². The molecule has 4 rings (SSSR count). The Hall–Kier alpha value is -3.49. The van der Waals surface area contributed by atoms with Crippen LogP contribution in [0.2, 0.25) is 0 Å². The molecule has 1 aliphatic heterocycles. The summed E-state index contributed by atoms with van der Waals surface area (Å²) in [4.78, 5) is 34.8. The quantitative estimate of drug-likeness (QED) is 0.554. The molecule has 2 N–H and O–H groups in total. The summed E-state index contributed by atoms with van der Waals surface area (Å²) in [6.45, 7) is 6.28. The van der Waals surface area contributed by atoms with Crippen LogP contribution in [0.1, 0.15) is 71.9 Å². The molecule has 0 bridgehead atoms. The van der Waals surface area contributed by atoms with Crippen molar-refractivity contribution < 1.29 is 23.6 Å². The summed E-state index contributed by atoms with van der Waals surface area (Å²) in [5, 5.41) is 10.2. The van der Waals surface area contributed by atoms with Gasteiger partial charge in [-0.2, -0.15) is 0 Å². The first-order valence-corrected chi connectivity index (χ1v) is 12.8. The van der Waals surface area contributed by atoms with Crippen LogP contribution in [-0.4, -0.2) is 42.3 Å². The van der Waals surface area contributed by atoms with E-state index < -0.39 is 5.82 Å². The van der Waals surface area contributed by atoms with E-state index in [0.717, 1.165) is 54.8 Å². The summed E-state index contributed by atoms with van der Waals surface area (Å²) in [6.07, 6.45) is 4.87. The molecule has 1 aliphatic carbocycles. The lowest BCUT2D eigenvalue weighted by Crippen LogP contribution is -2.32. The van der Waals surface area contributed by atoms with Gasteiger partial charge in [-0.25, -0.2) is 4.39 Å². The van der Waals surface area contributed by atoms with Crippen LogP contribution in [0.15, 0.2) is 29.4 Å². The van der Waals surface area contributed by atoms with E-state index in [-0.39, 0.29) is 30.2 Å². The SMILES string of the molecule is COc1cc(CNC(=O)c2cc(C3=NOC(C4CCC(CNC(C)=O)CC4)C3)nc(C)c2C)ccc1F. The van der Waals surface area contributed by atoms with Gasteiger partial charge in [-0.1, -0.05) is 11.2 Å². The van der Waals surface area contributed by atoms with Crippen LogP contribution in [0.25, 0.3) is 0 Å². The fourth-order valence-corrected chi connectivity index (χ4v) is 5.06. The zero-order chi connectivity index (χ0) is 26.5. The second-order valence-corrected chi connectivity index (χ2v) is 10.0. The lowest BCUT2D eigenvalue weighted by Gasteiger charge is -2.30. The molecule has 0 spiro atoms. The maximum absolute atomic E-state index is 13.7. The molecule has 2 aromatic rings. The van der Waals surface area contributed by atoms with Gasteiger partial charge in [0.1, 0.15) is 11.8 Å². The fraction of sp³-hybridized carbons (Fsp3) is 0.500. The Morgan fingerprint density at radius 1 is 1.14 bits per heavy atom. The first kappa shape index (κ1) is 26.6. The number of carbonyl (C=O) groups excluding carboxylic acids is 2. The molecule has 0 radical (unpaired) electrons. The molecule has 2 heterocycles. The zero-order valence-corrected chi connectivity index (χ0v) is 21.9. The number of amides is 2. The van der Waals surface area contributed by atoms with Gasteiger partial charge in [-0.15, -0.1) is 0 Å². The maximum atomic E-state index is 13.7. The van der Waals surface area contributed by atoms with Crippen molar-refractivity contribution in [3.8, 4) is 5.75 Å². The number of benzene rings is 1. The maximum Gasteiger partial charge on any atom is 0.251 e. The van der Waals surface area contributed by atoms with E-state index in [1.54, 1.807) is 25.1 Å². The summed E-state index contributed by atoms with van der Waals surface area (Å²) in [6, 6.07) is 6.29. The number of pyridine rings is 1. The Labute approximate surface area is 217 Å². The Morgan fingerprint density at radius 3 is 2.59 bits per heavy atom. The molecular formula is C28H35FN4O4. The minimum absolute atomic E-state index is 0.00542. The van der Waals surface area contributed by atoms with Crippen molar-refractivity contribution >= 4 is 17.5 Å². The summed E-state index contributed by atoms with van der Waals surface area (Å²) >= 11 is 0. The van der Waals surface area contributed by atoms with Gasteiger partial charge in [0.25, 0.3) is 5.91 Å². The predicted octanol–water partition coefficient (Wildman–Crippen LogP) is 4.21. The molecular weight excluding hydrogens is 475 g/mol. The van der Waals surface area contributed by atoms with Crippen LogP contribution in [0.3, 0.4) is 0 Å². The number of aryl methyl sites for hydroxylation is 1. The van der Waals surface area contributed by atoms with Gasteiger partial charge in [-0.3, -0.25) is 14.6 Å². The van der Waals surface area contributed by atoms with E-state index in [4.69, 9.17) is 14.6 Å². The van der Waals surface area contributed by atoms with Crippen molar-refractivity contribution in [3.05, 3.63) is 58.2 Å². The Balaban J connectivity index is 1.38. The second-order valence-electron chi connectivity index (χ2n) is 10.0. The lowest BCUT2D eigenvalue weighted by molar-refractivity contribution is -0.119. The number of ether oxygens (including phenoxy) is 1. The van der Waals surface area contributed by atoms with Crippen LogP contribution in [0, 0.1) is 31.5 Å². The monoisotopic (exact) mass is 510 g/mol. The highest BCUT2D eigenvalue weighted by Gasteiger charge is 2.34. The number of hydrogen-bond acceptors (Lipinski definition) is 6. The smallest absolute Gasteiger partial charge is 0.251 e. The van der Waals surface area contributed by atoms with Crippen molar-refractivity contribution in [1.82, 2.24) is 15.6 Å². The fourth-order valence-electron chi connectivity index (χ4n) is 5.06. The van der Waals surface area contributed by atoms with Crippen molar-refractivity contribution in [2.45, 2.75) is 65.5 Å². The van der Waals surface area contributed by atoms with E-state index in [9.17, 15) is 14.0 Å². The van der Waals surface area contributed by atoms with Crippen LogP contribution in [-0.2, 0) is 16.2 Å². The molecule has 8 nitrogen and oxygen atoms in total. The van der Waals surface area contributed by atoms with Crippen molar-refractivity contribution in [2.24, 2.45) is 17.0 Å². The minimum Gasteiger partial charge on any atom is -0.494 e. The Morgan fingerprint density at radius 2 is 1.89 bits per heavy atom. The van der Waals surface area contributed by atoms with Crippen LogP contribution < -0.4 is 15.4 Å². The first-order valence-electron chi connectivity index (χ1n) is 12.8. The first-order chi connectivity index (χ1) is 17.7. The topological polar surface area (TPSA) is 102 Å². The van der Waals surface area contributed by atoms with Gasteiger partial charge in [0.15, 0.2) is 11.6 Å². The lowest BCUT2D eigenvalue weighted by atomic mass is 9.78. The number of oxime groups is 1. The molecule has 9 heteroatoms. The molecule has 0 saturated heterocycles. The van der Waals surface area contributed by atoms with Crippen molar-refractivity contribution in [2.75, 3.05) is 13.7 Å². The largest absolute Gasteiger partial charge is 0.494 e. The highest BCUT2D eigenvalue weighted by molar-refractivity contribution is 6.03. The van der Waals surface area contributed by atoms with Crippen molar-refractivity contribution in [1.29, 1.82) is 0 Å². The third-order valence-corrected chi connectivity index (χ3v) is 7.47. The Kier molecular flexibility index (Phi) is 8.41. The number of halogens is 1. The molecule has 1 aromatic heterocycles. The summed E-state index contributed by atoms with van der Waals surface area (Å²) < 4.78 is 18.7. The molecule has 2 amide bonds. The van der Waals surface area contributed by atoms with Crippen LogP contribution >= 0.6 is 0 Å². The van der Waals surface area contributed by atoms with Gasteiger partial charge < -0.3 is 20.2 Å². The average Bonchev–Trinajstić information content (AvgIpc) is 3.39. The molecule has 1 aromatic carbocycles. The third-order valence-electron chi connectivity index (χ3n) is 7.47. The number of nitrogens with zero attached hydrogens (tertiary/aromatic N) is 2. The molecule has 1 unspecified atom stereocenters. The minimum atomic E-state index is -0.446. The molecule has 1 saturated carbocycles. The van der Waals surface area contributed by atoms with Crippen LogP contribution in [0.5, 0.6) is 5.75 Å². The second kappa shape index (κ2) is 11.7. The standard InChI is InChI=1S/C28H35FN4O4/c1-16-17(2)32-24(12-22(16)28(35)31-15-20-7-10-23(29)27(11-20)36-4)25-13-26(37-33-25)21-8-5-19(6-9-21)14-30-18(3)34/h7,10-12,19,21,26H,5-6,8-9,13-15H2,1-4H3,(H,30,34)(H,31,35). The number of hydrogen-bond donors (Lipinski definition) is 2. The summed E-state index contributed by atoms with van der Waals surface area (Å²) in [7, 11) is 1.41. The predicted molar refractivity (Wildman–Crippen MR) is 138 cm³/mol. The van der Waals surface area contributed by atoms with E-state index in [2.05, 4.69) is 15.8 Å². The third kappa shape index (κ3) is 6.45. The molecule has 1 atom stereocenters. The van der Waals surface area contributed by atoms with Crippen LogP contribution in [0.4, 0.5) is 4.39 Å². The number of carbonyl (C=O) groups is 2. The molecule has 198 valence electrons. The normalized spacial score (nSPS) is 21.1. The zero-order valence-electron chi connectivity index (χ0n) is 21.9. The summed E-state index contributed by atoms with van der Waals surface area (Å²) in [5.41, 5.74) is 4.23. The Bertz CT molecular complexity index is 1190. The summed E-state index contributed by atoms with van der Waals surface area (Å²) in [5.74, 6) is 0.404. The van der Waals surface area contributed by atoms with Gasteiger partial charge in [0, 0.05) is 37.7 Å². The average molecular weight is 511 g/mol. The van der Waals surface area contributed by atoms with Gasteiger partial charge in [-0.05, 0) is 80.7 Å². The number of nitrogens with one attached hydrogen (secondary N) is 2. The van der Waals surface area contributed by atoms with Gasteiger partial charge in [0.2, 0.25) is 5.91 Å². The molecule has 1 fully saturated rings. The van der Waals surface area contributed by atoms with E-state index >= 15 is 0 Å². The molecule has 37 heavy (non-hydrogen) atoms. The van der Waals surface area contributed by atoms with E-state index in [0.29, 0.717) is 29.5 Å². The highest BCUT2D eigenvalue weighted by atomic mass is 19.1.